The third kappa shape index (κ3) is 5.45. The molecule has 2 aromatic rings. The van der Waals surface area contributed by atoms with Crippen molar-refractivity contribution in [2.24, 2.45) is 0 Å². The fraction of sp³-hybridized carbons (Fsp3) is 0.188. The molecule has 0 aliphatic heterocycles. The van der Waals surface area contributed by atoms with Crippen LogP contribution in [0.3, 0.4) is 0 Å². The van der Waals surface area contributed by atoms with Gasteiger partial charge in [0.05, 0.1) is 24.1 Å². The number of ether oxygens (including phenoxy) is 2. The van der Waals surface area contributed by atoms with E-state index in [9.17, 15) is 4.79 Å². The number of para-hydroxylation sites is 1. The number of aromatic nitrogens is 1. The Kier molecular flexibility index (Phi) is 6.92. The van der Waals surface area contributed by atoms with Crippen molar-refractivity contribution >= 4 is 40.5 Å². The van der Waals surface area contributed by atoms with Gasteiger partial charge >= 0.3 is 0 Å². The first kappa shape index (κ1) is 18.1. The summed E-state index contributed by atoms with van der Waals surface area (Å²) in [5.74, 6) is 0.0884. The van der Waals surface area contributed by atoms with Gasteiger partial charge in [-0.3, -0.25) is 10.1 Å². The Balaban J connectivity index is 1.98. The first-order chi connectivity index (χ1) is 11.6. The average molecular weight is 366 g/mol. The van der Waals surface area contributed by atoms with Crippen LogP contribution in [0.1, 0.15) is 10.4 Å². The number of halogens is 1. The number of anilines is 1. The second kappa shape index (κ2) is 9.17. The van der Waals surface area contributed by atoms with Gasteiger partial charge in [0.1, 0.15) is 17.5 Å². The zero-order chi connectivity index (χ0) is 17.4. The molecule has 24 heavy (non-hydrogen) atoms. The van der Waals surface area contributed by atoms with E-state index in [1.54, 1.807) is 43.5 Å². The molecule has 0 aliphatic rings. The zero-order valence-electron chi connectivity index (χ0n) is 12.9. The summed E-state index contributed by atoms with van der Waals surface area (Å²) in [6.07, 6.45) is 1.52. The molecule has 8 heteroatoms. The van der Waals surface area contributed by atoms with Crippen LogP contribution in [-0.2, 0) is 4.74 Å². The van der Waals surface area contributed by atoms with Gasteiger partial charge in [-0.15, -0.1) is 0 Å². The van der Waals surface area contributed by atoms with Gasteiger partial charge in [0.25, 0.3) is 5.91 Å². The van der Waals surface area contributed by atoms with E-state index in [1.165, 1.54) is 6.20 Å². The lowest BCUT2D eigenvalue weighted by Crippen LogP contribution is -2.34. The number of pyridine rings is 1. The third-order valence-corrected chi connectivity index (χ3v) is 3.32. The molecule has 0 saturated heterocycles. The van der Waals surface area contributed by atoms with Crippen molar-refractivity contribution in [2.75, 3.05) is 25.6 Å². The number of hydrogen-bond acceptors (Lipinski definition) is 5. The van der Waals surface area contributed by atoms with Gasteiger partial charge in [0, 0.05) is 7.11 Å². The summed E-state index contributed by atoms with van der Waals surface area (Å²) < 4.78 is 10.5. The first-order valence-corrected chi connectivity index (χ1v) is 7.83. The van der Waals surface area contributed by atoms with Crippen LogP contribution in [0.2, 0.25) is 5.15 Å². The highest BCUT2D eigenvalue weighted by molar-refractivity contribution is 7.80. The number of carbonyl (C=O) groups is 1. The van der Waals surface area contributed by atoms with E-state index in [1.807, 2.05) is 0 Å². The highest BCUT2D eigenvalue weighted by Crippen LogP contribution is 2.18. The molecule has 0 bridgehead atoms. The van der Waals surface area contributed by atoms with Crippen molar-refractivity contribution in [2.45, 2.75) is 0 Å². The highest BCUT2D eigenvalue weighted by atomic mass is 35.5. The van der Waals surface area contributed by atoms with Crippen molar-refractivity contribution in [3.05, 3.63) is 53.3 Å². The number of amides is 1. The van der Waals surface area contributed by atoms with E-state index in [-0.39, 0.29) is 11.0 Å². The largest absolute Gasteiger partial charge is 0.490 e. The number of hydrogen-bond donors (Lipinski definition) is 2. The van der Waals surface area contributed by atoms with Gasteiger partial charge in [0.2, 0.25) is 0 Å². The van der Waals surface area contributed by atoms with E-state index >= 15 is 0 Å². The maximum absolute atomic E-state index is 12.4. The van der Waals surface area contributed by atoms with Crippen molar-refractivity contribution in [3.8, 4) is 5.75 Å². The van der Waals surface area contributed by atoms with Gasteiger partial charge in [-0.2, -0.15) is 0 Å². The Hall–Kier alpha value is -2.22. The van der Waals surface area contributed by atoms with Crippen LogP contribution in [-0.4, -0.2) is 36.3 Å². The quantitative estimate of drug-likeness (QED) is 0.466. The van der Waals surface area contributed by atoms with E-state index in [0.29, 0.717) is 35.4 Å². The fourth-order valence-electron chi connectivity index (χ4n) is 1.80. The molecular formula is C16H16ClN3O3S. The summed E-state index contributed by atoms with van der Waals surface area (Å²) >= 11 is 10.8. The molecule has 1 aromatic carbocycles. The number of nitrogens with one attached hydrogen (secondary N) is 2. The number of methoxy groups -OCH3 is 1. The summed E-state index contributed by atoms with van der Waals surface area (Å²) in [6.45, 7) is 0.777. The summed E-state index contributed by atoms with van der Waals surface area (Å²) in [6, 6.07) is 10.2. The smallest absolute Gasteiger partial charge is 0.261 e. The molecule has 0 spiro atoms. The van der Waals surface area contributed by atoms with Gasteiger partial charge in [-0.25, -0.2) is 4.98 Å². The second-order valence-corrected chi connectivity index (χ2v) is 5.41. The average Bonchev–Trinajstić information content (AvgIpc) is 2.57. The maximum Gasteiger partial charge on any atom is 0.261 e. The minimum Gasteiger partial charge on any atom is -0.490 e. The van der Waals surface area contributed by atoms with Crippen LogP contribution in [0, 0.1) is 0 Å². The third-order valence-electron chi connectivity index (χ3n) is 2.89. The SMILES string of the molecule is COCCOc1ccccc1C(=O)NC(=S)Nc1ccc(Cl)nc1. The number of rotatable bonds is 6. The molecule has 0 saturated carbocycles. The highest BCUT2D eigenvalue weighted by Gasteiger charge is 2.13. The number of carbonyl (C=O) groups excluding carboxylic acids is 1. The van der Waals surface area contributed by atoms with Crippen LogP contribution in [0.4, 0.5) is 5.69 Å². The summed E-state index contributed by atoms with van der Waals surface area (Å²) in [5, 5.41) is 5.98. The number of thiocarbonyl (C=S) groups is 1. The normalized spacial score (nSPS) is 10.1. The van der Waals surface area contributed by atoms with Gasteiger partial charge in [0.15, 0.2) is 5.11 Å². The number of benzene rings is 1. The summed E-state index contributed by atoms with van der Waals surface area (Å²) in [7, 11) is 1.58. The van der Waals surface area contributed by atoms with Crippen LogP contribution >= 0.6 is 23.8 Å². The van der Waals surface area contributed by atoms with Crippen LogP contribution in [0.15, 0.2) is 42.6 Å². The van der Waals surface area contributed by atoms with Gasteiger partial charge in [-0.05, 0) is 36.5 Å². The van der Waals surface area contributed by atoms with Crippen molar-refractivity contribution in [1.82, 2.24) is 10.3 Å². The number of nitrogens with zero attached hydrogens (tertiary/aromatic N) is 1. The Morgan fingerprint density at radius 2 is 2.04 bits per heavy atom. The van der Waals surface area contributed by atoms with Crippen molar-refractivity contribution in [3.63, 3.8) is 0 Å². The lowest BCUT2D eigenvalue weighted by molar-refractivity contribution is 0.0970. The van der Waals surface area contributed by atoms with E-state index in [0.717, 1.165) is 0 Å². The van der Waals surface area contributed by atoms with Gasteiger partial charge < -0.3 is 14.8 Å². The molecule has 2 rings (SSSR count). The predicted molar refractivity (Wildman–Crippen MR) is 96.7 cm³/mol. The first-order valence-electron chi connectivity index (χ1n) is 7.05. The monoisotopic (exact) mass is 365 g/mol. The maximum atomic E-state index is 12.4. The summed E-state index contributed by atoms with van der Waals surface area (Å²) in [5.41, 5.74) is 1.00. The van der Waals surface area contributed by atoms with Gasteiger partial charge in [-0.1, -0.05) is 23.7 Å². The Morgan fingerprint density at radius 1 is 1.25 bits per heavy atom. The molecule has 126 valence electrons. The molecular weight excluding hydrogens is 350 g/mol. The minimum absolute atomic E-state index is 0.149. The zero-order valence-corrected chi connectivity index (χ0v) is 14.5. The molecule has 6 nitrogen and oxygen atoms in total. The van der Waals surface area contributed by atoms with E-state index in [2.05, 4.69) is 15.6 Å². The molecule has 2 N–H and O–H groups in total. The molecule has 0 unspecified atom stereocenters. The standard InChI is InChI=1S/C16H16ClN3O3S/c1-22-8-9-23-13-5-3-2-4-12(13)15(21)20-16(24)19-11-6-7-14(17)18-10-11/h2-7,10H,8-9H2,1H3,(H2,19,20,21,24). The molecule has 0 radical (unpaired) electrons. The Bertz CT molecular complexity index is 710. The molecule has 0 atom stereocenters. The second-order valence-electron chi connectivity index (χ2n) is 4.62. The molecule has 1 heterocycles. The molecule has 0 fully saturated rings. The van der Waals surface area contributed by atoms with E-state index < -0.39 is 0 Å². The fourth-order valence-corrected chi connectivity index (χ4v) is 2.12. The van der Waals surface area contributed by atoms with Crippen LogP contribution in [0.5, 0.6) is 5.75 Å². The molecule has 1 amide bonds. The predicted octanol–water partition coefficient (Wildman–Crippen LogP) is 2.89. The van der Waals surface area contributed by atoms with Crippen LogP contribution in [0.25, 0.3) is 0 Å². The summed E-state index contributed by atoms with van der Waals surface area (Å²) in [4.78, 5) is 16.3. The lowest BCUT2D eigenvalue weighted by atomic mass is 10.2. The molecule has 1 aromatic heterocycles. The molecule has 0 aliphatic carbocycles. The Morgan fingerprint density at radius 3 is 2.75 bits per heavy atom. The Labute approximate surface area is 150 Å². The van der Waals surface area contributed by atoms with Crippen molar-refractivity contribution in [1.29, 1.82) is 0 Å². The minimum atomic E-state index is -0.373. The van der Waals surface area contributed by atoms with Crippen LogP contribution < -0.4 is 15.4 Å². The van der Waals surface area contributed by atoms with Crippen molar-refractivity contribution < 1.29 is 14.3 Å². The topological polar surface area (TPSA) is 72.5 Å². The van der Waals surface area contributed by atoms with E-state index in [4.69, 9.17) is 33.3 Å². The lowest BCUT2D eigenvalue weighted by Gasteiger charge is -2.12.